The number of aryl methyl sites for hydroxylation is 1. The summed E-state index contributed by atoms with van der Waals surface area (Å²) < 4.78 is 6.08. The lowest BCUT2D eigenvalue weighted by Crippen LogP contribution is -2.42. The monoisotopic (exact) mass is 605 g/mol. The highest BCUT2D eigenvalue weighted by Gasteiger charge is 2.45. The van der Waals surface area contributed by atoms with E-state index < -0.39 is 5.92 Å². The van der Waals surface area contributed by atoms with E-state index in [9.17, 15) is 10.1 Å². The first kappa shape index (κ1) is 29.1. The summed E-state index contributed by atoms with van der Waals surface area (Å²) in [6, 6.07) is 19.0. The first-order valence-corrected chi connectivity index (χ1v) is 14.4. The molecule has 5 rings (SSSR count). The molecule has 8 heteroatoms. The Balaban J connectivity index is 1.69. The van der Waals surface area contributed by atoms with Gasteiger partial charge in [0.2, 0.25) is 0 Å². The van der Waals surface area contributed by atoms with Crippen LogP contribution in [0.5, 0.6) is 5.75 Å². The van der Waals surface area contributed by atoms with E-state index in [1.165, 1.54) is 0 Å². The first-order chi connectivity index (χ1) is 19.4. The van der Waals surface area contributed by atoms with Gasteiger partial charge in [-0.1, -0.05) is 78.5 Å². The van der Waals surface area contributed by atoms with E-state index in [4.69, 9.17) is 45.3 Å². The number of ketones is 1. The number of hydrogen-bond acceptors (Lipinski definition) is 5. The van der Waals surface area contributed by atoms with Crippen molar-refractivity contribution in [1.82, 2.24) is 0 Å². The van der Waals surface area contributed by atoms with Crippen molar-refractivity contribution in [2.75, 3.05) is 4.90 Å². The zero-order chi connectivity index (χ0) is 29.6. The number of Topliss-reactive ketones (excluding diaryl/α,β-unsaturated/α-hetero) is 1. The molecule has 0 saturated heterocycles. The molecule has 0 fully saturated rings. The van der Waals surface area contributed by atoms with Crippen LogP contribution in [0.3, 0.4) is 0 Å². The average molecular weight is 607 g/mol. The molecule has 3 aromatic rings. The van der Waals surface area contributed by atoms with Gasteiger partial charge in [-0.2, -0.15) is 5.26 Å². The molecule has 1 unspecified atom stereocenters. The van der Waals surface area contributed by atoms with E-state index in [-0.39, 0.29) is 23.6 Å². The third-order valence-corrected chi connectivity index (χ3v) is 8.82. The van der Waals surface area contributed by atoms with E-state index in [0.717, 1.165) is 28.0 Å². The van der Waals surface area contributed by atoms with E-state index in [2.05, 4.69) is 26.0 Å². The van der Waals surface area contributed by atoms with Crippen molar-refractivity contribution in [2.24, 2.45) is 11.1 Å². The Hall–Kier alpha value is -3.43. The van der Waals surface area contributed by atoms with E-state index in [0.29, 0.717) is 50.5 Å². The summed E-state index contributed by atoms with van der Waals surface area (Å²) in [5.74, 6) is 0.246. The number of halogens is 3. The zero-order valence-electron chi connectivity index (χ0n) is 23.3. The number of hydrogen-bond donors (Lipinski definition) is 1. The van der Waals surface area contributed by atoms with Crippen molar-refractivity contribution >= 4 is 46.3 Å². The van der Waals surface area contributed by atoms with E-state index in [1.54, 1.807) is 29.2 Å². The second-order valence-corrected chi connectivity index (χ2v) is 12.7. The fourth-order valence-corrected chi connectivity index (χ4v) is 6.35. The van der Waals surface area contributed by atoms with Crippen LogP contribution in [-0.2, 0) is 11.4 Å². The Morgan fingerprint density at radius 3 is 2.44 bits per heavy atom. The van der Waals surface area contributed by atoms with Crippen molar-refractivity contribution in [3.05, 3.63) is 115 Å². The quantitative estimate of drug-likeness (QED) is 0.314. The highest BCUT2D eigenvalue weighted by atomic mass is 35.5. The number of anilines is 1. The molecule has 210 valence electrons. The lowest BCUT2D eigenvalue weighted by molar-refractivity contribution is -0.118. The number of nitriles is 1. The maximum absolute atomic E-state index is 14.0. The van der Waals surface area contributed by atoms with Crippen LogP contribution in [-0.4, -0.2) is 5.78 Å². The number of nitrogens with zero attached hydrogens (tertiary/aromatic N) is 2. The minimum atomic E-state index is -0.614. The SMILES string of the molecule is Cc1cc(COc2ccccc2Cl)c(C)c(C2C(C#N)=C(N)N(c3ccc(Cl)c(Cl)c3)C3=C2C(=O)CC(C)(C)C3)c1. The topological polar surface area (TPSA) is 79.3 Å². The van der Waals surface area contributed by atoms with Gasteiger partial charge in [-0.3, -0.25) is 9.69 Å². The van der Waals surface area contributed by atoms with Crippen molar-refractivity contribution in [3.8, 4) is 11.8 Å². The van der Waals surface area contributed by atoms with E-state index in [1.807, 2.05) is 38.1 Å². The second kappa shape index (κ2) is 11.1. The molecule has 5 nitrogen and oxygen atoms in total. The van der Waals surface area contributed by atoms with Gasteiger partial charge in [0.15, 0.2) is 5.78 Å². The zero-order valence-corrected chi connectivity index (χ0v) is 25.6. The van der Waals surface area contributed by atoms with Crippen LogP contribution in [0.2, 0.25) is 15.1 Å². The summed E-state index contributed by atoms with van der Waals surface area (Å²) >= 11 is 18.9. The number of nitrogens with two attached hydrogens (primary N) is 1. The molecular weight excluding hydrogens is 577 g/mol. The average Bonchev–Trinajstić information content (AvgIpc) is 2.90. The minimum Gasteiger partial charge on any atom is -0.487 e. The van der Waals surface area contributed by atoms with Crippen molar-refractivity contribution in [2.45, 2.75) is 53.1 Å². The fourth-order valence-electron chi connectivity index (χ4n) is 5.87. The number of para-hydroxylation sites is 1. The third kappa shape index (κ3) is 5.45. The molecule has 41 heavy (non-hydrogen) atoms. The van der Waals surface area contributed by atoms with Crippen LogP contribution in [0, 0.1) is 30.6 Å². The van der Waals surface area contributed by atoms with Gasteiger partial charge in [0.05, 0.1) is 32.6 Å². The van der Waals surface area contributed by atoms with Crippen molar-refractivity contribution in [3.63, 3.8) is 0 Å². The normalized spacial score (nSPS) is 18.3. The van der Waals surface area contributed by atoms with Crippen LogP contribution >= 0.6 is 34.8 Å². The molecule has 0 radical (unpaired) electrons. The van der Waals surface area contributed by atoms with Crippen molar-refractivity contribution in [1.29, 1.82) is 5.26 Å². The van der Waals surface area contributed by atoms with Crippen molar-refractivity contribution < 1.29 is 9.53 Å². The maximum Gasteiger partial charge on any atom is 0.162 e. The molecule has 1 aliphatic heterocycles. The van der Waals surface area contributed by atoms with Gasteiger partial charge in [-0.05, 0) is 72.7 Å². The first-order valence-electron chi connectivity index (χ1n) is 13.3. The van der Waals surface area contributed by atoms with Crippen LogP contribution < -0.4 is 15.4 Å². The van der Waals surface area contributed by atoms with E-state index >= 15 is 0 Å². The molecule has 3 aromatic carbocycles. The predicted octanol–water partition coefficient (Wildman–Crippen LogP) is 8.78. The van der Waals surface area contributed by atoms with Gasteiger partial charge >= 0.3 is 0 Å². The molecule has 2 N–H and O–H groups in total. The summed E-state index contributed by atoms with van der Waals surface area (Å²) in [5.41, 5.74) is 12.6. The number of allylic oxidation sites excluding steroid dienone is 3. The summed E-state index contributed by atoms with van der Waals surface area (Å²) in [4.78, 5) is 15.8. The molecule has 0 aromatic heterocycles. The van der Waals surface area contributed by atoms with Gasteiger partial charge in [0.25, 0.3) is 0 Å². The molecule has 1 heterocycles. The second-order valence-electron chi connectivity index (χ2n) is 11.4. The maximum atomic E-state index is 14.0. The number of benzene rings is 3. The Morgan fingerprint density at radius 2 is 1.76 bits per heavy atom. The predicted molar refractivity (Wildman–Crippen MR) is 165 cm³/mol. The number of rotatable bonds is 5. The Kier molecular flexibility index (Phi) is 7.87. The molecular formula is C33H30Cl3N3O2. The number of carbonyl (C=O) groups excluding carboxylic acids is 1. The Morgan fingerprint density at radius 1 is 1.02 bits per heavy atom. The minimum absolute atomic E-state index is 0.00124. The third-order valence-electron chi connectivity index (χ3n) is 7.77. The Labute approximate surface area is 255 Å². The Bertz CT molecular complexity index is 1680. The van der Waals surface area contributed by atoms with Crippen LogP contribution in [0.1, 0.15) is 54.9 Å². The standard InChI is InChI=1S/C33H30Cl3N3O2/c1-18-11-20(17-41-29-8-6-5-7-25(29)35)19(2)22(12-18)30-23(16-37)32(38)39(21-9-10-24(34)26(36)13-21)27-14-33(3,4)15-28(40)31(27)30/h5-13,30H,14-15,17,38H2,1-4H3. The number of carbonyl (C=O) groups is 1. The molecule has 1 aliphatic carbocycles. The highest BCUT2D eigenvalue weighted by Crippen LogP contribution is 2.51. The van der Waals surface area contributed by atoms with Gasteiger partial charge in [-0.15, -0.1) is 0 Å². The van der Waals surface area contributed by atoms with Gasteiger partial charge in [-0.25, -0.2) is 0 Å². The summed E-state index contributed by atoms with van der Waals surface area (Å²) in [6.07, 6.45) is 0.959. The van der Waals surface area contributed by atoms with Gasteiger partial charge in [0.1, 0.15) is 18.2 Å². The highest BCUT2D eigenvalue weighted by molar-refractivity contribution is 6.42. The molecule has 0 spiro atoms. The smallest absolute Gasteiger partial charge is 0.162 e. The van der Waals surface area contributed by atoms with Crippen LogP contribution in [0.15, 0.2) is 77.3 Å². The largest absolute Gasteiger partial charge is 0.487 e. The fraction of sp³-hybridized carbons (Fsp3) is 0.273. The molecule has 0 bridgehead atoms. The molecule has 0 amide bonds. The van der Waals surface area contributed by atoms with Crippen LogP contribution in [0.4, 0.5) is 5.69 Å². The summed E-state index contributed by atoms with van der Waals surface area (Å²) in [5, 5.41) is 11.8. The van der Waals surface area contributed by atoms with Gasteiger partial charge < -0.3 is 10.5 Å². The summed E-state index contributed by atoms with van der Waals surface area (Å²) in [7, 11) is 0. The van der Waals surface area contributed by atoms with Gasteiger partial charge in [0, 0.05) is 23.4 Å². The molecule has 2 aliphatic rings. The summed E-state index contributed by atoms with van der Waals surface area (Å²) in [6.45, 7) is 8.40. The number of ether oxygens (including phenoxy) is 1. The lowest BCUT2D eigenvalue weighted by atomic mass is 9.68. The lowest BCUT2D eigenvalue weighted by Gasteiger charge is -2.44. The molecule has 1 atom stereocenters. The van der Waals surface area contributed by atoms with Crippen LogP contribution in [0.25, 0.3) is 0 Å². The molecule has 0 saturated carbocycles.